The van der Waals surface area contributed by atoms with Crippen molar-refractivity contribution in [3.8, 4) is 0 Å². The normalized spacial score (nSPS) is 20.8. The lowest BCUT2D eigenvalue weighted by molar-refractivity contribution is -0.127. The summed E-state index contributed by atoms with van der Waals surface area (Å²) in [5.41, 5.74) is 1.28. The summed E-state index contributed by atoms with van der Waals surface area (Å²) in [5, 5.41) is 0. The summed E-state index contributed by atoms with van der Waals surface area (Å²) in [6.45, 7) is 3.93. The third kappa shape index (κ3) is 3.75. The molecule has 2 nitrogen and oxygen atoms in total. The maximum absolute atomic E-state index is 12.0. The molecule has 2 atom stereocenters. The summed E-state index contributed by atoms with van der Waals surface area (Å²) < 4.78 is 0. The van der Waals surface area contributed by atoms with Gasteiger partial charge in [-0.05, 0) is 23.7 Å². The summed E-state index contributed by atoms with van der Waals surface area (Å²) in [6.07, 6.45) is 3.07. The Kier molecular flexibility index (Phi) is 5.32. The molecule has 0 radical (unpaired) electrons. The van der Waals surface area contributed by atoms with Gasteiger partial charge in [0.15, 0.2) is 0 Å². The van der Waals surface area contributed by atoms with E-state index in [-0.39, 0.29) is 0 Å². The summed E-state index contributed by atoms with van der Waals surface area (Å²) in [5.74, 6) is 2.01. The molecule has 0 bridgehead atoms. The Morgan fingerprint density at radius 2 is 2.11 bits per heavy atom. The molecule has 1 heterocycles. The lowest BCUT2D eigenvalue weighted by Crippen LogP contribution is -2.30. The zero-order valence-corrected chi connectivity index (χ0v) is 12.5. The van der Waals surface area contributed by atoms with Crippen molar-refractivity contribution < 1.29 is 4.79 Å². The fourth-order valence-corrected chi connectivity index (χ4v) is 3.22. The summed E-state index contributed by atoms with van der Waals surface area (Å²) in [7, 11) is 0. The van der Waals surface area contributed by atoms with Crippen LogP contribution in [0.4, 0.5) is 0 Å². The first kappa shape index (κ1) is 14.4. The number of carbonyl (C=O) groups is 1. The molecule has 1 aromatic carbocycles. The highest BCUT2D eigenvalue weighted by molar-refractivity contribution is 7.80. The average molecular weight is 277 g/mol. The molecule has 1 fully saturated rings. The fraction of sp³-hybridized carbons (Fsp3) is 0.562. The molecule has 3 heteroatoms. The molecule has 19 heavy (non-hydrogen) atoms. The second-order valence-electron chi connectivity index (χ2n) is 5.45. The third-order valence-electron chi connectivity index (χ3n) is 3.92. The van der Waals surface area contributed by atoms with E-state index in [2.05, 4.69) is 43.8 Å². The number of rotatable bonds is 6. The Balaban J connectivity index is 1.98. The molecule has 0 aromatic heterocycles. The van der Waals surface area contributed by atoms with Gasteiger partial charge in [0.2, 0.25) is 5.91 Å². The highest BCUT2D eigenvalue weighted by atomic mass is 32.1. The summed E-state index contributed by atoms with van der Waals surface area (Å²) in [6, 6.07) is 10.4. The number of hydrogen-bond acceptors (Lipinski definition) is 2. The van der Waals surface area contributed by atoms with Crippen LogP contribution in [0.25, 0.3) is 0 Å². The van der Waals surface area contributed by atoms with Crippen LogP contribution in [-0.2, 0) is 4.79 Å². The Labute approximate surface area is 121 Å². The van der Waals surface area contributed by atoms with Crippen LogP contribution in [0.15, 0.2) is 30.3 Å². The van der Waals surface area contributed by atoms with Gasteiger partial charge in [0.05, 0.1) is 0 Å². The Morgan fingerprint density at radius 3 is 2.74 bits per heavy atom. The van der Waals surface area contributed by atoms with Crippen molar-refractivity contribution in [2.45, 2.75) is 32.1 Å². The van der Waals surface area contributed by atoms with Gasteiger partial charge in [-0.3, -0.25) is 4.79 Å². The second kappa shape index (κ2) is 6.99. The van der Waals surface area contributed by atoms with Crippen molar-refractivity contribution in [3.63, 3.8) is 0 Å². The molecule has 0 aliphatic carbocycles. The minimum Gasteiger partial charge on any atom is -0.342 e. The minimum absolute atomic E-state index is 0.321. The number of carbonyl (C=O) groups excluding carboxylic acids is 1. The van der Waals surface area contributed by atoms with E-state index in [0.717, 1.165) is 25.3 Å². The zero-order chi connectivity index (χ0) is 13.7. The second-order valence-corrected chi connectivity index (χ2v) is 5.81. The van der Waals surface area contributed by atoms with Crippen LogP contribution in [0, 0.1) is 5.92 Å². The molecule has 1 saturated heterocycles. The van der Waals surface area contributed by atoms with Gasteiger partial charge in [-0.15, -0.1) is 0 Å². The van der Waals surface area contributed by atoms with Crippen LogP contribution in [0.1, 0.15) is 37.7 Å². The van der Waals surface area contributed by atoms with Crippen molar-refractivity contribution in [2.24, 2.45) is 5.92 Å². The number of nitrogens with zero attached hydrogens (tertiary/aromatic N) is 1. The quantitative estimate of drug-likeness (QED) is 0.791. The predicted molar refractivity (Wildman–Crippen MR) is 82.6 cm³/mol. The lowest BCUT2D eigenvalue weighted by atomic mass is 10.0. The van der Waals surface area contributed by atoms with E-state index in [1.54, 1.807) is 0 Å². The first-order chi connectivity index (χ1) is 9.24. The van der Waals surface area contributed by atoms with Crippen molar-refractivity contribution >= 4 is 18.5 Å². The van der Waals surface area contributed by atoms with E-state index < -0.39 is 0 Å². The Hall–Kier alpha value is -0.960. The van der Waals surface area contributed by atoms with E-state index in [1.165, 1.54) is 18.4 Å². The first-order valence-electron chi connectivity index (χ1n) is 7.18. The van der Waals surface area contributed by atoms with Gasteiger partial charge in [0.25, 0.3) is 0 Å². The largest absolute Gasteiger partial charge is 0.342 e. The molecular formula is C16H23NOS. The van der Waals surface area contributed by atoms with Crippen molar-refractivity contribution in [2.75, 3.05) is 18.8 Å². The van der Waals surface area contributed by atoms with Crippen molar-refractivity contribution in [1.29, 1.82) is 0 Å². The van der Waals surface area contributed by atoms with Crippen LogP contribution in [0.2, 0.25) is 0 Å². The van der Waals surface area contributed by atoms with Crippen LogP contribution in [-0.4, -0.2) is 29.6 Å². The maximum atomic E-state index is 12.0. The highest BCUT2D eigenvalue weighted by Gasteiger charge is 2.30. The van der Waals surface area contributed by atoms with Gasteiger partial charge in [-0.25, -0.2) is 0 Å². The molecule has 1 aliphatic heterocycles. The van der Waals surface area contributed by atoms with Gasteiger partial charge in [-0.1, -0.05) is 43.7 Å². The molecule has 0 spiro atoms. The number of likely N-dealkylation sites (tertiary alicyclic amines) is 1. The van der Waals surface area contributed by atoms with Crippen LogP contribution < -0.4 is 0 Å². The lowest BCUT2D eigenvalue weighted by Gasteiger charge is -2.23. The highest BCUT2D eigenvalue weighted by Crippen LogP contribution is 2.26. The molecule has 2 unspecified atom stereocenters. The topological polar surface area (TPSA) is 20.3 Å². The Bertz CT molecular complexity index is 406. The van der Waals surface area contributed by atoms with Gasteiger partial charge >= 0.3 is 0 Å². The standard InChI is InChI=1S/C16H23NOS/c1-2-6-13-9-16(18)17(10-13)11-15(12-19)14-7-4-3-5-8-14/h3-5,7-8,13,15,19H,2,6,9-12H2,1H3. The van der Waals surface area contributed by atoms with Crippen molar-refractivity contribution in [1.82, 2.24) is 4.90 Å². The van der Waals surface area contributed by atoms with Gasteiger partial charge < -0.3 is 4.90 Å². The SMILES string of the molecule is CCCC1CC(=O)N(CC(CS)c2ccccc2)C1. The smallest absolute Gasteiger partial charge is 0.222 e. The molecule has 0 N–H and O–H groups in total. The monoisotopic (exact) mass is 277 g/mol. The zero-order valence-electron chi connectivity index (χ0n) is 11.6. The molecule has 104 valence electrons. The van der Waals surface area contributed by atoms with E-state index in [4.69, 9.17) is 0 Å². The third-order valence-corrected chi connectivity index (χ3v) is 4.36. The molecule has 2 rings (SSSR count). The maximum Gasteiger partial charge on any atom is 0.222 e. The van der Waals surface area contributed by atoms with Gasteiger partial charge in [-0.2, -0.15) is 12.6 Å². The van der Waals surface area contributed by atoms with Crippen molar-refractivity contribution in [3.05, 3.63) is 35.9 Å². The summed E-state index contributed by atoms with van der Waals surface area (Å²) in [4.78, 5) is 14.1. The van der Waals surface area contributed by atoms with Gasteiger partial charge in [0.1, 0.15) is 0 Å². The minimum atomic E-state index is 0.321. The number of hydrogen-bond donors (Lipinski definition) is 1. The molecule has 1 aliphatic rings. The number of thiol groups is 1. The number of benzene rings is 1. The summed E-state index contributed by atoms with van der Waals surface area (Å²) >= 11 is 4.46. The Morgan fingerprint density at radius 1 is 1.37 bits per heavy atom. The van der Waals surface area contributed by atoms with E-state index in [0.29, 0.717) is 17.7 Å². The van der Waals surface area contributed by atoms with Crippen LogP contribution in [0.5, 0.6) is 0 Å². The molecular weight excluding hydrogens is 254 g/mol. The fourth-order valence-electron chi connectivity index (χ4n) is 2.89. The van der Waals surface area contributed by atoms with E-state index >= 15 is 0 Å². The average Bonchev–Trinajstić information content (AvgIpc) is 2.77. The van der Waals surface area contributed by atoms with Gasteiger partial charge in [0, 0.05) is 25.4 Å². The number of amides is 1. The molecule has 1 amide bonds. The van der Waals surface area contributed by atoms with Crippen LogP contribution in [0.3, 0.4) is 0 Å². The molecule has 0 saturated carbocycles. The van der Waals surface area contributed by atoms with E-state index in [1.807, 2.05) is 11.0 Å². The molecule has 1 aromatic rings. The van der Waals surface area contributed by atoms with E-state index in [9.17, 15) is 4.79 Å². The predicted octanol–water partition coefficient (Wildman–Crippen LogP) is 3.35. The van der Waals surface area contributed by atoms with Crippen LogP contribution >= 0.6 is 12.6 Å². The first-order valence-corrected chi connectivity index (χ1v) is 7.81.